The summed E-state index contributed by atoms with van der Waals surface area (Å²) >= 11 is 0. The zero-order chi connectivity index (χ0) is 12.7. The summed E-state index contributed by atoms with van der Waals surface area (Å²) in [6.45, 7) is 4.20. The first-order chi connectivity index (χ1) is 8.19. The lowest BCUT2D eigenvalue weighted by molar-refractivity contribution is -0.123. The van der Waals surface area contributed by atoms with Crippen LogP contribution in [0, 0.1) is 0 Å². The van der Waals surface area contributed by atoms with Crippen molar-refractivity contribution in [2.45, 2.75) is 45.2 Å². The molecule has 0 radical (unpaired) electrons. The van der Waals surface area contributed by atoms with Crippen molar-refractivity contribution in [1.82, 2.24) is 5.32 Å². The third-order valence-corrected chi connectivity index (χ3v) is 2.92. The van der Waals surface area contributed by atoms with Crippen LogP contribution in [0.15, 0.2) is 30.3 Å². The Labute approximate surface area is 103 Å². The molecule has 0 spiro atoms. The van der Waals surface area contributed by atoms with E-state index < -0.39 is 6.04 Å². The Hall–Kier alpha value is -1.35. The summed E-state index contributed by atoms with van der Waals surface area (Å²) < 4.78 is 0. The third-order valence-electron chi connectivity index (χ3n) is 2.92. The summed E-state index contributed by atoms with van der Waals surface area (Å²) in [5, 5.41) is 3.00. The summed E-state index contributed by atoms with van der Waals surface area (Å²) in [6, 6.07) is 9.14. The van der Waals surface area contributed by atoms with E-state index in [0.29, 0.717) is 0 Å². The van der Waals surface area contributed by atoms with E-state index in [1.165, 1.54) is 0 Å². The number of benzene rings is 1. The topological polar surface area (TPSA) is 55.1 Å². The number of amides is 1. The fraction of sp³-hybridized carbons (Fsp3) is 0.500. The summed E-state index contributed by atoms with van der Waals surface area (Å²) in [5.74, 6) is -0.0866. The Morgan fingerprint density at radius 3 is 2.47 bits per heavy atom. The monoisotopic (exact) mass is 234 g/mol. The molecule has 0 saturated carbocycles. The number of hydrogen-bond acceptors (Lipinski definition) is 2. The molecule has 3 nitrogen and oxygen atoms in total. The van der Waals surface area contributed by atoms with Gasteiger partial charge in [0.25, 0.3) is 0 Å². The van der Waals surface area contributed by atoms with Crippen LogP contribution in [-0.2, 0) is 4.79 Å². The second-order valence-corrected chi connectivity index (χ2v) is 4.29. The normalized spacial score (nSPS) is 14.1. The van der Waals surface area contributed by atoms with Crippen LogP contribution in [0.3, 0.4) is 0 Å². The standard InChI is InChI=1S/C14H22N2O/c1-3-8-12(4-2)16-14(17)13(15)11-9-6-5-7-10-11/h5-7,9-10,12-13H,3-4,8,15H2,1-2H3,(H,16,17). The Morgan fingerprint density at radius 1 is 1.29 bits per heavy atom. The molecule has 0 aromatic heterocycles. The van der Waals surface area contributed by atoms with Gasteiger partial charge in [0.15, 0.2) is 0 Å². The second-order valence-electron chi connectivity index (χ2n) is 4.29. The predicted octanol–water partition coefficient (Wildman–Crippen LogP) is 2.38. The van der Waals surface area contributed by atoms with Crippen molar-refractivity contribution in [2.24, 2.45) is 5.73 Å². The number of carbonyl (C=O) groups is 1. The van der Waals surface area contributed by atoms with Gasteiger partial charge in [-0.1, -0.05) is 50.6 Å². The van der Waals surface area contributed by atoms with E-state index >= 15 is 0 Å². The zero-order valence-electron chi connectivity index (χ0n) is 10.6. The second kappa shape index (κ2) is 7.07. The number of hydrogen-bond donors (Lipinski definition) is 2. The van der Waals surface area contributed by atoms with E-state index in [-0.39, 0.29) is 11.9 Å². The average Bonchev–Trinajstić information content (AvgIpc) is 2.38. The first-order valence-electron chi connectivity index (χ1n) is 6.29. The quantitative estimate of drug-likeness (QED) is 0.794. The van der Waals surface area contributed by atoms with Gasteiger partial charge in [-0.25, -0.2) is 0 Å². The molecule has 1 aromatic rings. The Bertz CT molecular complexity index is 337. The van der Waals surface area contributed by atoms with Gasteiger partial charge in [-0.15, -0.1) is 0 Å². The molecule has 1 aromatic carbocycles. The van der Waals surface area contributed by atoms with Crippen LogP contribution in [0.25, 0.3) is 0 Å². The molecule has 3 heteroatoms. The molecule has 0 aliphatic heterocycles. The summed E-state index contributed by atoms with van der Waals surface area (Å²) in [6.07, 6.45) is 3.02. The highest BCUT2D eigenvalue weighted by Crippen LogP contribution is 2.10. The fourth-order valence-electron chi connectivity index (χ4n) is 1.83. The maximum Gasteiger partial charge on any atom is 0.241 e. The van der Waals surface area contributed by atoms with Crippen LogP contribution in [0.5, 0.6) is 0 Å². The van der Waals surface area contributed by atoms with Crippen LogP contribution >= 0.6 is 0 Å². The maximum absolute atomic E-state index is 12.0. The first-order valence-corrected chi connectivity index (χ1v) is 6.29. The van der Waals surface area contributed by atoms with Crippen molar-refractivity contribution >= 4 is 5.91 Å². The van der Waals surface area contributed by atoms with Gasteiger partial charge in [-0.05, 0) is 18.4 Å². The molecular formula is C14H22N2O. The van der Waals surface area contributed by atoms with Gasteiger partial charge in [-0.3, -0.25) is 4.79 Å². The van der Waals surface area contributed by atoms with Gasteiger partial charge in [0.1, 0.15) is 6.04 Å². The van der Waals surface area contributed by atoms with Crippen molar-refractivity contribution in [1.29, 1.82) is 0 Å². The minimum Gasteiger partial charge on any atom is -0.352 e. The van der Waals surface area contributed by atoms with Gasteiger partial charge in [-0.2, -0.15) is 0 Å². The van der Waals surface area contributed by atoms with Gasteiger partial charge < -0.3 is 11.1 Å². The van der Waals surface area contributed by atoms with Gasteiger partial charge in [0.05, 0.1) is 0 Å². The van der Waals surface area contributed by atoms with E-state index in [1.54, 1.807) is 0 Å². The first kappa shape index (κ1) is 13.7. The van der Waals surface area contributed by atoms with E-state index in [4.69, 9.17) is 5.73 Å². The molecule has 1 rings (SSSR count). The van der Waals surface area contributed by atoms with E-state index in [1.807, 2.05) is 30.3 Å². The van der Waals surface area contributed by atoms with E-state index in [0.717, 1.165) is 24.8 Å². The molecule has 2 atom stereocenters. The van der Waals surface area contributed by atoms with Crippen molar-refractivity contribution in [3.05, 3.63) is 35.9 Å². The van der Waals surface area contributed by atoms with Crippen molar-refractivity contribution in [3.8, 4) is 0 Å². The number of rotatable bonds is 6. The average molecular weight is 234 g/mol. The lowest BCUT2D eigenvalue weighted by Crippen LogP contribution is -2.40. The number of nitrogens with one attached hydrogen (secondary N) is 1. The van der Waals surface area contributed by atoms with Crippen LogP contribution in [0.4, 0.5) is 0 Å². The number of carbonyl (C=O) groups excluding carboxylic acids is 1. The molecule has 0 fully saturated rings. The SMILES string of the molecule is CCCC(CC)NC(=O)C(N)c1ccccc1. The van der Waals surface area contributed by atoms with E-state index in [2.05, 4.69) is 19.2 Å². The molecule has 17 heavy (non-hydrogen) atoms. The Morgan fingerprint density at radius 2 is 1.94 bits per heavy atom. The molecule has 0 bridgehead atoms. The van der Waals surface area contributed by atoms with Crippen LogP contribution in [0.2, 0.25) is 0 Å². The summed E-state index contributed by atoms with van der Waals surface area (Å²) in [5.41, 5.74) is 6.78. The Balaban J connectivity index is 2.58. The number of nitrogens with two attached hydrogens (primary N) is 1. The fourth-order valence-corrected chi connectivity index (χ4v) is 1.83. The highest BCUT2D eigenvalue weighted by atomic mass is 16.2. The molecule has 2 unspecified atom stereocenters. The molecule has 0 heterocycles. The minimum absolute atomic E-state index is 0.0866. The van der Waals surface area contributed by atoms with Crippen LogP contribution in [-0.4, -0.2) is 11.9 Å². The molecule has 94 valence electrons. The lowest BCUT2D eigenvalue weighted by atomic mass is 10.1. The molecule has 0 aliphatic rings. The highest BCUT2D eigenvalue weighted by Gasteiger charge is 2.17. The van der Waals surface area contributed by atoms with Crippen LogP contribution in [0.1, 0.15) is 44.7 Å². The largest absolute Gasteiger partial charge is 0.352 e. The van der Waals surface area contributed by atoms with E-state index in [9.17, 15) is 4.79 Å². The molecule has 0 aliphatic carbocycles. The van der Waals surface area contributed by atoms with Crippen LogP contribution < -0.4 is 11.1 Å². The minimum atomic E-state index is -0.567. The zero-order valence-corrected chi connectivity index (χ0v) is 10.6. The van der Waals surface area contributed by atoms with Gasteiger partial charge in [0, 0.05) is 6.04 Å². The molecule has 1 amide bonds. The summed E-state index contributed by atoms with van der Waals surface area (Å²) in [7, 11) is 0. The predicted molar refractivity (Wildman–Crippen MR) is 70.5 cm³/mol. The highest BCUT2D eigenvalue weighted by molar-refractivity contribution is 5.83. The molecular weight excluding hydrogens is 212 g/mol. The molecule has 0 saturated heterocycles. The smallest absolute Gasteiger partial charge is 0.241 e. The van der Waals surface area contributed by atoms with Crippen molar-refractivity contribution in [2.75, 3.05) is 0 Å². The van der Waals surface area contributed by atoms with Crippen molar-refractivity contribution in [3.63, 3.8) is 0 Å². The van der Waals surface area contributed by atoms with Gasteiger partial charge >= 0.3 is 0 Å². The third kappa shape index (κ3) is 4.19. The summed E-state index contributed by atoms with van der Waals surface area (Å²) in [4.78, 5) is 12.0. The maximum atomic E-state index is 12.0. The molecule has 3 N–H and O–H groups in total. The van der Waals surface area contributed by atoms with Gasteiger partial charge in [0.2, 0.25) is 5.91 Å². The van der Waals surface area contributed by atoms with Crippen molar-refractivity contribution < 1.29 is 4.79 Å². The Kier molecular flexibility index (Phi) is 5.70. The lowest BCUT2D eigenvalue weighted by Gasteiger charge is -2.19.